The number of carbonyl (C=O) groups excluding carboxylic acids is 2. The number of nitrogens with two attached hydrogens (primary N) is 1. The summed E-state index contributed by atoms with van der Waals surface area (Å²) in [5, 5.41) is 2.87. The highest BCUT2D eigenvalue weighted by molar-refractivity contribution is 5.91. The summed E-state index contributed by atoms with van der Waals surface area (Å²) < 4.78 is 15.9. The van der Waals surface area contributed by atoms with Crippen LogP contribution in [0.1, 0.15) is 24.8 Å². The van der Waals surface area contributed by atoms with Gasteiger partial charge in [-0.05, 0) is 56.1 Å². The Morgan fingerprint density at radius 1 is 1.21 bits per heavy atom. The quantitative estimate of drug-likeness (QED) is 0.451. The van der Waals surface area contributed by atoms with Crippen LogP contribution in [0.2, 0.25) is 0 Å². The highest BCUT2D eigenvalue weighted by Crippen LogP contribution is 2.38. The maximum absolute atomic E-state index is 12.1. The SMILES string of the molecule is COc1cc(/C=C/C(=O)NCCCN2CCCC(C(N)=O)C2)cc(OC)c1OC. The van der Waals surface area contributed by atoms with Crippen molar-refractivity contribution in [2.45, 2.75) is 19.3 Å². The van der Waals surface area contributed by atoms with Gasteiger partial charge in [0.15, 0.2) is 11.5 Å². The maximum atomic E-state index is 12.1. The Kier molecular flexibility index (Phi) is 8.79. The van der Waals surface area contributed by atoms with Gasteiger partial charge in [0.2, 0.25) is 17.6 Å². The predicted molar refractivity (Wildman–Crippen MR) is 111 cm³/mol. The molecule has 8 nitrogen and oxygen atoms in total. The third-order valence-corrected chi connectivity index (χ3v) is 4.97. The molecule has 1 aliphatic heterocycles. The van der Waals surface area contributed by atoms with Gasteiger partial charge < -0.3 is 30.2 Å². The molecule has 1 atom stereocenters. The predicted octanol–water partition coefficient (Wildman–Crippen LogP) is 1.43. The molecule has 3 N–H and O–H groups in total. The lowest BCUT2D eigenvalue weighted by Crippen LogP contribution is -2.42. The standard InChI is InChI=1S/C21H31N3O5/c1-27-17-12-15(13-18(28-2)20(17)29-3)7-8-19(25)23-9-5-11-24-10-4-6-16(14-24)21(22)26/h7-8,12-13,16H,4-6,9-11,14H2,1-3H3,(H2,22,26)(H,23,25)/b8-7+. The van der Waals surface area contributed by atoms with Gasteiger partial charge in [0.1, 0.15) is 0 Å². The summed E-state index contributed by atoms with van der Waals surface area (Å²) in [6.45, 7) is 3.08. The van der Waals surface area contributed by atoms with Gasteiger partial charge in [0.05, 0.1) is 27.2 Å². The Balaban J connectivity index is 1.80. The van der Waals surface area contributed by atoms with E-state index in [0.717, 1.165) is 37.9 Å². The zero-order valence-electron chi connectivity index (χ0n) is 17.4. The largest absolute Gasteiger partial charge is 0.493 e. The molecule has 1 saturated heterocycles. The Bertz CT molecular complexity index is 710. The van der Waals surface area contributed by atoms with Crippen molar-refractivity contribution in [3.63, 3.8) is 0 Å². The molecule has 0 aromatic heterocycles. The number of amides is 2. The van der Waals surface area contributed by atoms with E-state index in [1.165, 1.54) is 6.08 Å². The van der Waals surface area contributed by atoms with Gasteiger partial charge in [-0.25, -0.2) is 0 Å². The van der Waals surface area contributed by atoms with E-state index in [1.807, 2.05) is 0 Å². The first-order chi connectivity index (χ1) is 14.0. The average molecular weight is 405 g/mol. The van der Waals surface area contributed by atoms with Crippen molar-refractivity contribution < 1.29 is 23.8 Å². The van der Waals surface area contributed by atoms with Crippen molar-refractivity contribution in [2.24, 2.45) is 11.7 Å². The van der Waals surface area contributed by atoms with Crippen LogP contribution in [0.4, 0.5) is 0 Å². The number of primary amides is 1. The summed E-state index contributed by atoms with van der Waals surface area (Å²) in [5.74, 6) is 1.12. The van der Waals surface area contributed by atoms with Crippen LogP contribution in [-0.2, 0) is 9.59 Å². The lowest BCUT2D eigenvalue weighted by molar-refractivity contribution is -0.123. The van der Waals surface area contributed by atoms with Gasteiger partial charge >= 0.3 is 0 Å². The van der Waals surface area contributed by atoms with Crippen molar-refractivity contribution in [3.05, 3.63) is 23.8 Å². The number of carbonyl (C=O) groups is 2. The Morgan fingerprint density at radius 2 is 1.90 bits per heavy atom. The highest BCUT2D eigenvalue weighted by atomic mass is 16.5. The smallest absolute Gasteiger partial charge is 0.243 e. The average Bonchev–Trinajstić information content (AvgIpc) is 2.74. The van der Waals surface area contributed by atoms with Crippen LogP contribution in [0.5, 0.6) is 17.2 Å². The number of likely N-dealkylation sites (tertiary alicyclic amines) is 1. The van der Waals surface area contributed by atoms with Gasteiger partial charge in [0.25, 0.3) is 0 Å². The molecule has 8 heteroatoms. The van der Waals surface area contributed by atoms with E-state index < -0.39 is 0 Å². The second kappa shape index (κ2) is 11.3. The maximum Gasteiger partial charge on any atom is 0.243 e. The third-order valence-electron chi connectivity index (χ3n) is 4.97. The van der Waals surface area contributed by atoms with E-state index in [-0.39, 0.29) is 17.7 Å². The number of hydrogen-bond acceptors (Lipinski definition) is 6. The Hall–Kier alpha value is -2.74. The second-order valence-corrected chi connectivity index (χ2v) is 6.98. The molecule has 2 rings (SSSR count). The fourth-order valence-electron chi connectivity index (χ4n) is 3.43. The molecule has 1 heterocycles. The number of ether oxygens (including phenoxy) is 3. The zero-order valence-corrected chi connectivity index (χ0v) is 17.4. The summed E-state index contributed by atoms with van der Waals surface area (Å²) >= 11 is 0. The zero-order chi connectivity index (χ0) is 21.2. The first-order valence-electron chi connectivity index (χ1n) is 9.76. The van der Waals surface area contributed by atoms with Crippen LogP contribution >= 0.6 is 0 Å². The normalized spacial score (nSPS) is 17.1. The van der Waals surface area contributed by atoms with Crippen LogP contribution in [0.15, 0.2) is 18.2 Å². The molecule has 0 radical (unpaired) electrons. The molecule has 1 aromatic rings. The number of benzene rings is 1. The number of nitrogens with zero attached hydrogens (tertiary/aromatic N) is 1. The minimum atomic E-state index is -0.222. The minimum absolute atomic E-state index is 0.0558. The molecule has 1 aliphatic rings. The van der Waals surface area contributed by atoms with Crippen molar-refractivity contribution in [2.75, 3.05) is 47.5 Å². The van der Waals surface area contributed by atoms with E-state index in [1.54, 1.807) is 39.5 Å². The summed E-state index contributed by atoms with van der Waals surface area (Å²) in [5.41, 5.74) is 6.17. The molecular weight excluding hydrogens is 374 g/mol. The fourth-order valence-corrected chi connectivity index (χ4v) is 3.43. The van der Waals surface area contributed by atoms with E-state index in [4.69, 9.17) is 19.9 Å². The number of rotatable bonds is 10. The second-order valence-electron chi connectivity index (χ2n) is 6.98. The van der Waals surface area contributed by atoms with Crippen molar-refractivity contribution in [1.29, 1.82) is 0 Å². The van der Waals surface area contributed by atoms with Crippen LogP contribution in [0.25, 0.3) is 6.08 Å². The van der Waals surface area contributed by atoms with Crippen molar-refractivity contribution in [1.82, 2.24) is 10.2 Å². The molecular formula is C21H31N3O5. The first-order valence-corrected chi connectivity index (χ1v) is 9.76. The molecule has 2 amide bonds. The molecule has 1 aromatic carbocycles. The van der Waals surface area contributed by atoms with Crippen molar-refractivity contribution in [3.8, 4) is 17.2 Å². The summed E-state index contributed by atoms with van der Waals surface area (Å²) in [7, 11) is 4.64. The third kappa shape index (κ3) is 6.67. The lowest BCUT2D eigenvalue weighted by atomic mass is 9.97. The minimum Gasteiger partial charge on any atom is -0.493 e. The summed E-state index contributed by atoms with van der Waals surface area (Å²) in [4.78, 5) is 25.6. The first kappa shape index (κ1) is 22.5. The summed E-state index contributed by atoms with van der Waals surface area (Å²) in [6.07, 6.45) is 5.84. The van der Waals surface area contributed by atoms with E-state index in [2.05, 4.69) is 10.2 Å². The monoisotopic (exact) mass is 405 g/mol. The topological polar surface area (TPSA) is 103 Å². The molecule has 0 bridgehead atoms. The molecule has 0 spiro atoms. The highest BCUT2D eigenvalue weighted by Gasteiger charge is 2.23. The van der Waals surface area contributed by atoms with E-state index in [9.17, 15) is 9.59 Å². The molecule has 0 saturated carbocycles. The number of piperidine rings is 1. The van der Waals surface area contributed by atoms with Crippen LogP contribution in [0, 0.1) is 5.92 Å². The van der Waals surface area contributed by atoms with Crippen LogP contribution in [0.3, 0.4) is 0 Å². The fraction of sp³-hybridized carbons (Fsp3) is 0.524. The van der Waals surface area contributed by atoms with Gasteiger partial charge in [-0.15, -0.1) is 0 Å². The Morgan fingerprint density at radius 3 is 2.48 bits per heavy atom. The molecule has 1 fully saturated rings. The number of methoxy groups -OCH3 is 3. The van der Waals surface area contributed by atoms with E-state index in [0.29, 0.717) is 30.3 Å². The van der Waals surface area contributed by atoms with E-state index >= 15 is 0 Å². The van der Waals surface area contributed by atoms with Gasteiger partial charge in [0, 0.05) is 19.2 Å². The molecule has 160 valence electrons. The van der Waals surface area contributed by atoms with Gasteiger partial charge in [-0.3, -0.25) is 9.59 Å². The molecule has 29 heavy (non-hydrogen) atoms. The van der Waals surface area contributed by atoms with Gasteiger partial charge in [-0.1, -0.05) is 0 Å². The molecule has 1 unspecified atom stereocenters. The molecule has 0 aliphatic carbocycles. The summed E-state index contributed by atoms with van der Waals surface area (Å²) in [6, 6.07) is 3.55. The number of nitrogens with one attached hydrogen (secondary N) is 1. The Labute approximate surface area is 172 Å². The van der Waals surface area contributed by atoms with Gasteiger partial charge in [-0.2, -0.15) is 0 Å². The lowest BCUT2D eigenvalue weighted by Gasteiger charge is -2.31. The number of hydrogen-bond donors (Lipinski definition) is 2. The van der Waals surface area contributed by atoms with Crippen LogP contribution in [-0.4, -0.2) is 64.2 Å². The van der Waals surface area contributed by atoms with Crippen molar-refractivity contribution >= 4 is 17.9 Å². The van der Waals surface area contributed by atoms with Crippen LogP contribution < -0.4 is 25.3 Å².